The molecular weight excluding hydrogens is 374 g/mol. The molecule has 1 N–H and O–H groups in total. The standard InChI is InChI=1S/C23H20ClNO3/c24-19-11-18-12-20(15-25(23(26)27)14-16-7-3-1-4-8-16)28-22(18)21(13-19)17-9-5-2-6-10-17/h1-11,13,20H,12,14-15H2,(H,26,27). The van der Waals surface area contributed by atoms with E-state index in [1.807, 2.05) is 72.8 Å². The van der Waals surface area contributed by atoms with E-state index in [1.54, 1.807) is 0 Å². The smallest absolute Gasteiger partial charge is 0.407 e. The van der Waals surface area contributed by atoms with Crippen LogP contribution in [0.4, 0.5) is 4.79 Å². The van der Waals surface area contributed by atoms with Gasteiger partial charge in [-0.1, -0.05) is 72.3 Å². The van der Waals surface area contributed by atoms with E-state index in [0.717, 1.165) is 28.0 Å². The number of hydrogen-bond acceptors (Lipinski definition) is 2. The summed E-state index contributed by atoms with van der Waals surface area (Å²) in [6, 6.07) is 23.3. The molecule has 0 spiro atoms. The highest BCUT2D eigenvalue weighted by atomic mass is 35.5. The number of carbonyl (C=O) groups is 1. The topological polar surface area (TPSA) is 49.8 Å². The number of fused-ring (bicyclic) bond motifs is 1. The molecule has 1 aliphatic rings. The van der Waals surface area contributed by atoms with Crippen molar-refractivity contribution in [3.63, 3.8) is 0 Å². The van der Waals surface area contributed by atoms with E-state index >= 15 is 0 Å². The first-order valence-corrected chi connectivity index (χ1v) is 9.54. The van der Waals surface area contributed by atoms with Gasteiger partial charge in [0.1, 0.15) is 11.9 Å². The molecule has 0 fully saturated rings. The summed E-state index contributed by atoms with van der Waals surface area (Å²) in [5.41, 5.74) is 3.94. The summed E-state index contributed by atoms with van der Waals surface area (Å²) in [5.74, 6) is 0.797. The fraction of sp³-hybridized carbons (Fsp3) is 0.174. The Labute approximate surface area is 168 Å². The minimum Gasteiger partial charge on any atom is -0.487 e. The van der Waals surface area contributed by atoms with Crippen molar-refractivity contribution in [1.29, 1.82) is 0 Å². The quantitative estimate of drug-likeness (QED) is 0.623. The van der Waals surface area contributed by atoms with Crippen molar-refractivity contribution in [2.24, 2.45) is 0 Å². The van der Waals surface area contributed by atoms with Gasteiger partial charge in [-0.2, -0.15) is 0 Å². The second-order valence-corrected chi connectivity index (χ2v) is 7.34. The van der Waals surface area contributed by atoms with Crippen LogP contribution in [0.2, 0.25) is 5.02 Å². The molecule has 5 heteroatoms. The van der Waals surface area contributed by atoms with Crippen LogP contribution < -0.4 is 4.74 Å². The zero-order valence-corrected chi connectivity index (χ0v) is 16.0. The molecule has 28 heavy (non-hydrogen) atoms. The van der Waals surface area contributed by atoms with Gasteiger partial charge in [0.15, 0.2) is 0 Å². The van der Waals surface area contributed by atoms with E-state index in [4.69, 9.17) is 16.3 Å². The molecular formula is C23H20ClNO3. The Kier molecular flexibility index (Phi) is 5.22. The third-order valence-electron chi connectivity index (χ3n) is 4.86. The molecule has 0 bridgehead atoms. The Morgan fingerprint density at radius 2 is 1.75 bits per heavy atom. The fourth-order valence-electron chi connectivity index (χ4n) is 3.59. The summed E-state index contributed by atoms with van der Waals surface area (Å²) >= 11 is 6.33. The minimum atomic E-state index is -0.954. The van der Waals surface area contributed by atoms with Crippen molar-refractivity contribution in [2.75, 3.05) is 6.54 Å². The van der Waals surface area contributed by atoms with Gasteiger partial charge in [0.25, 0.3) is 0 Å². The van der Waals surface area contributed by atoms with Crippen LogP contribution in [-0.2, 0) is 13.0 Å². The summed E-state index contributed by atoms with van der Waals surface area (Å²) in [6.07, 6.45) is -0.561. The number of nitrogens with zero attached hydrogens (tertiary/aromatic N) is 1. The molecule has 0 aromatic heterocycles. The van der Waals surface area contributed by atoms with Crippen LogP contribution in [0, 0.1) is 0 Å². The monoisotopic (exact) mass is 393 g/mol. The van der Waals surface area contributed by atoms with Crippen molar-refractivity contribution in [3.05, 3.63) is 88.9 Å². The van der Waals surface area contributed by atoms with E-state index in [0.29, 0.717) is 24.5 Å². The van der Waals surface area contributed by atoms with Crippen molar-refractivity contribution >= 4 is 17.7 Å². The minimum absolute atomic E-state index is 0.240. The number of amides is 1. The van der Waals surface area contributed by atoms with Crippen molar-refractivity contribution in [2.45, 2.75) is 19.1 Å². The SMILES string of the molecule is O=C(O)N(Cc1ccccc1)CC1Cc2cc(Cl)cc(-c3ccccc3)c2O1. The molecule has 3 aromatic rings. The number of rotatable bonds is 5. The average Bonchev–Trinajstić information content (AvgIpc) is 3.10. The summed E-state index contributed by atoms with van der Waals surface area (Å²) in [5, 5.41) is 10.3. The van der Waals surface area contributed by atoms with E-state index in [1.165, 1.54) is 4.90 Å². The summed E-state index contributed by atoms with van der Waals surface area (Å²) in [4.78, 5) is 13.2. The predicted octanol–water partition coefficient (Wildman–Crippen LogP) is 5.49. The van der Waals surface area contributed by atoms with Crippen molar-refractivity contribution in [3.8, 4) is 16.9 Å². The highest BCUT2D eigenvalue weighted by molar-refractivity contribution is 6.31. The van der Waals surface area contributed by atoms with Crippen LogP contribution in [0.15, 0.2) is 72.8 Å². The van der Waals surface area contributed by atoms with Gasteiger partial charge in [0, 0.05) is 29.1 Å². The maximum atomic E-state index is 11.8. The molecule has 4 nitrogen and oxygen atoms in total. The molecule has 0 radical (unpaired) electrons. The van der Waals surface area contributed by atoms with Gasteiger partial charge in [0.05, 0.1) is 6.54 Å². The first-order valence-electron chi connectivity index (χ1n) is 9.16. The van der Waals surface area contributed by atoms with Gasteiger partial charge in [-0.05, 0) is 23.3 Å². The summed E-state index contributed by atoms with van der Waals surface area (Å²) < 4.78 is 6.20. The van der Waals surface area contributed by atoms with Gasteiger partial charge in [0.2, 0.25) is 0 Å². The fourth-order valence-corrected chi connectivity index (χ4v) is 3.83. The summed E-state index contributed by atoms with van der Waals surface area (Å²) in [6.45, 7) is 0.628. The van der Waals surface area contributed by atoms with Crippen molar-refractivity contribution in [1.82, 2.24) is 4.90 Å². The molecule has 1 atom stereocenters. The first kappa shape index (κ1) is 18.4. The normalized spacial score (nSPS) is 15.0. The second-order valence-electron chi connectivity index (χ2n) is 6.90. The zero-order chi connectivity index (χ0) is 19.5. The van der Waals surface area contributed by atoms with Crippen LogP contribution in [0.1, 0.15) is 11.1 Å². The molecule has 1 heterocycles. The van der Waals surface area contributed by atoms with Crippen LogP contribution in [0.5, 0.6) is 5.75 Å². The number of ether oxygens (including phenoxy) is 1. The number of hydrogen-bond donors (Lipinski definition) is 1. The van der Waals surface area contributed by atoms with Gasteiger partial charge in [-0.15, -0.1) is 0 Å². The lowest BCUT2D eigenvalue weighted by atomic mass is 10.0. The van der Waals surface area contributed by atoms with Crippen LogP contribution >= 0.6 is 11.6 Å². The van der Waals surface area contributed by atoms with Crippen LogP contribution in [0.3, 0.4) is 0 Å². The second kappa shape index (κ2) is 7.95. The Morgan fingerprint density at radius 3 is 2.43 bits per heavy atom. The third kappa shape index (κ3) is 3.97. The number of carboxylic acid groups (broad SMARTS) is 1. The average molecular weight is 394 g/mol. The van der Waals surface area contributed by atoms with E-state index in [-0.39, 0.29) is 6.10 Å². The van der Waals surface area contributed by atoms with Crippen LogP contribution in [0.25, 0.3) is 11.1 Å². The molecule has 4 rings (SSSR count). The molecule has 0 saturated carbocycles. The Balaban J connectivity index is 1.55. The molecule has 1 amide bonds. The predicted molar refractivity (Wildman–Crippen MR) is 110 cm³/mol. The highest BCUT2D eigenvalue weighted by Gasteiger charge is 2.29. The van der Waals surface area contributed by atoms with E-state index in [9.17, 15) is 9.90 Å². The zero-order valence-electron chi connectivity index (χ0n) is 15.2. The lowest BCUT2D eigenvalue weighted by Gasteiger charge is -2.23. The highest BCUT2D eigenvalue weighted by Crippen LogP contribution is 2.41. The Hall–Kier alpha value is -2.98. The van der Waals surface area contributed by atoms with E-state index in [2.05, 4.69) is 0 Å². The largest absolute Gasteiger partial charge is 0.487 e. The first-order chi connectivity index (χ1) is 13.6. The van der Waals surface area contributed by atoms with Gasteiger partial charge < -0.3 is 14.7 Å². The van der Waals surface area contributed by atoms with Gasteiger partial charge in [-0.25, -0.2) is 4.79 Å². The third-order valence-corrected chi connectivity index (χ3v) is 5.08. The van der Waals surface area contributed by atoms with E-state index < -0.39 is 6.09 Å². The maximum Gasteiger partial charge on any atom is 0.407 e. The van der Waals surface area contributed by atoms with Gasteiger partial charge >= 0.3 is 6.09 Å². The Bertz CT molecular complexity index is 976. The van der Waals surface area contributed by atoms with Gasteiger partial charge in [-0.3, -0.25) is 0 Å². The molecule has 1 aliphatic heterocycles. The van der Waals surface area contributed by atoms with Crippen LogP contribution in [-0.4, -0.2) is 28.7 Å². The molecule has 3 aromatic carbocycles. The molecule has 1 unspecified atom stereocenters. The lowest BCUT2D eigenvalue weighted by Crippen LogP contribution is -2.37. The molecule has 0 saturated heterocycles. The number of halogens is 1. The summed E-state index contributed by atoms with van der Waals surface area (Å²) in [7, 11) is 0. The molecule has 142 valence electrons. The van der Waals surface area contributed by atoms with Crippen molar-refractivity contribution < 1.29 is 14.6 Å². The lowest BCUT2D eigenvalue weighted by molar-refractivity contribution is 0.113. The molecule has 0 aliphatic carbocycles. The number of benzene rings is 3. The Morgan fingerprint density at radius 1 is 1.07 bits per heavy atom. The maximum absolute atomic E-state index is 11.8.